The molecule has 3 aromatic carbocycles. The first kappa shape index (κ1) is 19.7. The summed E-state index contributed by atoms with van der Waals surface area (Å²) in [4.78, 5) is 34.9. The molecule has 0 saturated carbocycles. The van der Waals surface area contributed by atoms with Gasteiger partial charge in [-0.2, -0.15) is 0 Å². The Labute approximate surface area is 164 Å². The molecule has 0 aliphatic rings. The molecule has 0 fully saturated rings. The molecule has 0 atom stereocenters. The van der Waals surface area contributed by atoms with Crippen LogP contribution in [0.1, 0.15) is 31.8 Å². The maximum Gasteiger partial charge on any atom is 0.336 e. The molecule has 0 heterocycles. The van der Waals surface area contributed by atoms with E-state index in [1.54, 1.807) is 12.1 Å². The van der Waals surface area contributed by atoms with Crippen molar-refractivity contribution in [2.24, 2.45) is 0 Å². The number of nitro benzene ring substituents is 1. The fourth-order valence-corrected chi connectivity index (χ4v) is 2.83. The number of nitrogens with one attached hydrogen (secondary N) is 1. The van der Waals surface area contributed by atoms with Gasteiger partial charge in [-0.15, -0.1) is 0 Å². The van der Waals surface area contributed by atoms with E-state index in [-0.39, 0.29) is 34.6 Å². The summed E-state index contributed by atoms with van der Waals surface area (Å²) in [6.07, 6.45) is 0. The average molecular weight is 394 g/mol. The normalized spacial score (nSPS) is 10.4. The fourth-order valence-electron chi connectivity index (χ4n) is 2.83. The van der Waals surface area contributed by atoms with Gasteiger partial charge in [-0.25, -0.2) is 9.18 Å². The lowest BCUT2D eigenvalue weighted by molar-refractivity contribution is -0.384. The van der Waals surface area contributed by atoms with Gasteiger partial charge >= 0.3 is 5.97 Å². The zero-order valence-electron chi connectivity index (χ0n) is 15.0. The van der Waals surface area contributed by atoms with Crippen LogP contribution in [-0.2, 0) is 6.54 Å². The van der Waals surface area contributed by atoms with Gasteiger partial charge in [0.25, 0.3) is 5.69 Å². The molecular weight excluding hydrogens is 379 g/mol. The minimum absolute atomic E-state index is 0.0165. The van der Waals surface area contributed by atoms with Crippen LogP contribution in [0.4, 0.5) is 15.8 Å². The lowest BCUT2D eigenvalue weighted by atomic mass is 9.97. The van der Waals surface area contributed by atoms with E-state index in [4.69, 9.17) is 0 Å². The smallest absolute Gasteiger partial charge is 0.336 e. The predicted octanol–water partition coefficient (Wildman–Crippen LogP) is 4.28. The summed E-state index contributed by atoms with van der Waals surface area (Å²) in [7, 11) is 0. The van der Waals surface area contributed by atoms with Gasteiger partial charge in [-0.05, 0) is 24.3 Å². The van der Waals surface area contributed by atoms with Crippen molar-refractivity contribution in [3.05, 3.63) is 105 Å². The Bertz CT molecular complexity index is 1110. The minimum Gasteiger partial charge on any atom is -0.478 e. The first-order chi connectivity index (χ1) is 13.9. The van der Waals surface area contributed by atoms with Crippen molar-refractivity contribution in [1.29, 1.82) is 0 Å². The van der Waals surface area contributed by atoms with E-state index in [1.807, 2.05) is 0 Å². The molecule has 0 spiro atoms. The molecule has 29 heavy (non-hydrogen) atoms. The number of nitrogens with zero attached hydrogens (tertiary/aromatic N) is 1. The van der Waals surface area contributed by atoms with E-state index >= 15 is 0 Å². The summed E-state index contributed by atoms with van der Waals surface area (Å²) in [5.74, 6) is -2.36. The molecule has 0 radical (unpaired) electrons. The number of carbonyl (C=O) groups excluding carboxylic acids is 1. The van der Waals surface area contributed by atoms with Crippen LogP contribution in [0.25, 0.3) is 0 Å². The third-order valence-corrected chi connectivity index (χ3v) is 4.29. The zero-order valence-corrected chi connectivity index (χ0v) is 15.0. The van der Waals surface area contributed by atoms with Crippen LogP contribution in [0.2, 0.25) is 0 Å². The number of ketones is 1. The van der Waals surface area contributed by atoms with Crippen LogP contribution >= 0.6 is 0 Å². The number of anilines is 1. The SMILES string of the molecule is O=C(O)c1ccccc1C(=O)c1ccc(NCc2ccccc2F)c([N+](=O)[O-])c1. The lowest BCUT2D eigenvalue weighted by Crippen LogP contribution is -2.10. The maximum atomic E-state index is 13.7. The molecule has 146 valence electrons. The van der Waals surface area contributed by atoms with Crippen molar-refractivity contribution >= 4 is 23.1 Å². The first-order valence-corrected chi connectivity index (χ1v) is 8.51. The molecule has 3 aromatic rings. The van der Waals surface area contributed by atoms with Crippen LogP contribution in [0.15, 0.2) is 66.7 Å². The van der Waals surface area contributed by atoms with Gasteiger partial charge in [0.15, 0.2) is 5.78 Å². The second kappa shape index (κ2) is 8.30. The molecule has 7 nitrogen and oxygen atoms in total. The van der Waals surface area contributed by atoms with E-state index < -0.39 is 22.5 Å². The molecule has 8 heteroatoms. The monoisotopic (exact) mass is 394 g/mol. The van der Waals surface area contributed by atoms with Crippen molar-refractivity contribution in [1.82, 2.24) is 0 Å². The molecule has 0 saturated heterocycles. The number of benzene rings is 3. The molecule has 0 aromatic heterocycles. The molecule has 0 aliphatic heterocycles. The third kappa shape index (κ3) is 4.27. The zero-order chi connectivity index (χ0) is 21.0. The first-order valence-electron chi connectivity index (χ1n) is 8.51. The van der Waals surface area contributed by atoms with Crippen LogP contribution in [0, 0.1) is 15.9 Å². The number of aromatic carboxylic acids is 1. The second-order valence-corrected chi connectivity index (χ2v) is 6.11. The van der Waals surface area contributed by atoms with E-state index in [1.165, 1.54) is 48.5 Å². The predicted molar refractivity (Wildman–Crippen MR) is 104 cm³/mol. The Kier molecular flexibility index (Phi) is 5.64. The van der Waals surface area contributed by atoms with E-state index in [0.29, 0.717) is 5.56 Å². The number of halogens is 1. The van der Waals surface area contributed by atoms with Gasteiger partial charge in [0.05, 0.1) is 10.5 Å². The Morgan fingerprint density at radius 2 is 1.66 bits per heavy atom. The molecule has 0 aliphatic carbocycles. The molecule has 0 bridgehead atoms. The van der Waals surface area contributed by atoms with Gasteiger partial charge in [-0.1, -0.05) is 36.4 Å². The van der Waals surface area contributed by atoms with Crippen molar-refractivity contribution in [2.45, 2.75) is 6.54 Å². The highest BCUT2D eigenvalue weighted by Gasteiger charge is 2.21. The number of hydrogen-bond acceptors (Lipinski definition) is 5. The quantitative estimate of drug-likeness (QED) is 0.352. The van der Waals surface area contributed by atoms with Crippen LogP contribution in [0.5, 0.6) is 0 Å². The van der Waals surface area contributed by atoms with Crippen LogP contribution in [-0.4, -0.2) is 21.8 Å². The van der Waals surface area contributed by atoms with E-state index in [0.717, 1.165) is 6.07 Å². The number of carbonyl (C=O) groups is 2. The number of carboxylic acids is 1. The minimum atomic E-state index is -1.27. The number of carboxylic acid groups (broad SMARTS) is 1. The Morgan fingerprint density at radius 1 is 1.00 bits per heavy atom. The summed E-state index contributed by atoms with van der Waals surface area (Å²) in [6.45, 7) is 0.0165. The maximum absolute atomic E-state index is 13.7. The van der Waals surface area contributed by atoms with E-state index in [2.05, 4.69) is 5.32 Å². The van der Waals surface area contributed by atoms with Gasteiger partial charge in [0.1, 0.15) is 11.5 Å². The Balaban J connectivity index is 1.92. The van der Waals surface area contributed by atoms with Gasteiger partial charge in [0.2, 0.25) is 0 Å². The summed E-state index contributed by atoms with van der Waals surface area (Å²) in [6, 6.07) is 15.4. The Hall–Kier alpha value is -4.07. The molecule has 2 N–H and O–H groups in total. The third-order valence-electron chi connectivity index (χ3n) is 4.29. The van der Waals surface area contributed by atoms with Crippen molar-refractivity contribution in [3.63, 3.8) is 0 Å². The standard InChI is InChI=1S/C21H15FN2O5/c22-17-8-4-1-5-14(17)12-23-18-10-9-13(11-19(18)24(28)29)20(25)15-6-2-3-7-16(15)21(26)27/h1-11,23H,12H2,(H,26,27). The summed E-state index contributed by atoms with van der Waals surface area (Å²) in [5, 5.41) is 23.5. The number of nitro groups is 1. The summed E-state index contributed by atoms with van der Waals surface area (Å²) in [5.41, 5.74) is -0.219. The average Bonchev–Trinajstić information content (AvgIpc) is 2.72. The highest BCUT2D eigenvalue weighted by atomic mass is 19.1. The van der Waals surface area contributed by atoms with Crippen molar-refractivity contribution in [2.75, 3.05) is 5.32 Å². The topological polar surface area (TPSA) is 110 Å². The molecule has 3 rings (SSSR count). The summed E-state index contributed by atoms with van der Waals surface area (Å²) < 4.78 is 13.7. The highest BCUT2D eigenvalue weighted by Crippen LogP contribution is 2.28. The highest BCUT2D eigenvalue weighted by molar-refractivity contribution is 6.14. The number of rotatable bonds is 7. The van der Waals surface area contributed by atoms with Crippen LogP contribution in [0.3, 0.4) is 0 Å². The van der Waals surface area contributed by atoms with Crippen molar-refractivity contribution < 1.29 is 24.0 Å². The second-order valence-electron chi connectivity index (χ2n) is 6.11. The Morgan fingerprint density at radius 3 is 2.31 bits per heavy atom. The van der Waals surface area contributed by atoms with Gasteiger partial charge < -0.3 is 10.4 Å². The van der Waals surface area contributed by atoms with Crippen LogP contribution < -0.4 is 5.32 Å². The molecular formula is C21H15FN2O5. The van der Waals surface area contributed by atoms with Gasteiger partial charge in [0, 0.05) is 29.3 Å². The largest absolute Gasteiger partial charge is 0.478 e. The lowest BCUT2D eigenvalue weighted by Gasteiger charge is -2.10. The van der Waals surface area contributed by atoms with E-state index in [9.17, 15) is 29.2 Å². The number of hydrogen-bond donors (Lipinski definition) is 2. The molecule has 0 unspecified atom stereocenters. The van der Waals surface area contributed by atoms with Crippen molar-refractivity contribution in [3.8, 4) is 0 Å². The fraction of sp³-hybridized carbons (Fsp3) is 0.0476. The summed E-state index contributed by atoms with van der Waals surface area (Å²) >= 11 is 0. The van der Waals surface area contributed by atoms with Gasteiger partial charge in [-0.3, -0.25) is 14.9 Å². The molecule has 0 amide bonds.